The lowest BCUT2D eigenvalue weighted by Gasteiger charge is -2.33. The SMILES string of the molecule is CCc1nc2c(-c3cc(-c4ccc5ccccc5c4)cc(-c4ccc5ccccc5c4)c3)ccc3c2n1-c1ccccc1N3c1ccccc1. The fourth-order valence-electron chi connectivity index (χ4n) is 7.80. The van der Waals surface area contributed by atoms with Gasteiger partial charge in [-0.15, -0.1) is 0 Å². The summed E-state index contributed by atoms with van der Waals surface area (Å²) in [7, 11) is 0. The highest BCUT2D eigenvalue weighted by molar-refractivity contribution is 6.07. The predicted octanol–water partition coefficient (Wildman–Crippen LogP) is 12.7. The smallest absolute Gasteiger partial charge is 0.114 e. The van der Waals surface area contributed by atoms with Gasteiger partial charge in [0.1, 0.15) is 5.82 Å². The second kappa shape index (κ2) is 11.3. The average molecular weight is 640 g/mol. The Hall–Kier alpha value is -6.45. The monoisotopic (exact) mass is 639 g/mol. The third kappa shape index (κ3) is 4.48. The summed E-state index contributed by atoms with van der Waals surface area (Å²) in [5.74, 6) is 1.06. The first-order chi connectivity index (χ1) is 24.7. The van der Waals surface area contributed by atoms with Gasteiger partial charge in [0.25, 0.3) is 0 Å². The van der Waals surface area contributed by atoms with Gasteiger partial charge in [0, 0.05) is 17.7 Å². The van der Waals surface area contributed by atoms with Crippen molar-refractivity contribution in [3.63, 3.8) is 0 Å². The van der Waals surface area contributed by atoms with E-state index in [9.17, 15) is 0 Å². The van der Waals surface area contributed by atoms with Crippen molar-refractivity contribution in [1.29, 1.82) is 0 Å². The van der Waals surface area contributed by atoms with Crippen molar-refractivity contribution in [3.05, 3.63) is 176 Å². The molecule has 2 heterocycles. The predicted molar refractivity (Wildman–Crippen MR) is 210 cm³/mol. The molecule has 0 amide bonds. The van der Waals surface area contributed by atoms with E-state index >= 15 is 0 Å². The topological polar surface area (TPSA) is 21.1 Å². The quantitative estimate of drug-likeness (QED) is 0.187. The Morgan fingerprint density at radius 3 is 1.64 bits per heavy atom. The van der Waals surface area contributed by atoms with Crippen molar-refractivity contribution in [2.45, 2.75) is 13.3 Å². The molecule has 0 bridgehead atoms. The maximum atomic E-state index is 5.43. The van der Waals surface area contributed by atoms with Crippen LogP contribution in [0.15, 0.2) is 170 Å². The zero-order valence-corrected chi connectivity index (χ0v) is 27.7. The zero-order chi connectivity index (χ0) is 33.2. The second-order valence-electron chi connectivity index (χ2n) is 13.1. The van der Waals surface area contributed by atoms with Gasteiger partial charge in [-0.05, 0) is 116 Å². The van der Waals surface area contributed by atoms with Crippen LogP contribution in [0.2, 0.25) is 0 Å². The molecule has 0 N–H and O–H groups in total. The van der Waals surface area contributed by atoms with Gasteiger partial charge < -0.3 is 4.90 Å². The van der Waals surface area contributed by atoms with Crippen LogP contribution in [-0.4, -0.2) is 9.55 Å². The number of aryl methyl sites for hydroxylation is 1. The molecule has 0 unspecified atom stereocenters. The summed E-state index contributed by atoms with van der Waals surface area (Å²) in [6.45, 7) is 2.20. The number of para-hydroxylation sites is 3. The second-order valence-corrected chi connectivity index (χ2v) is 13.1. The minimum absolute atomic E-state index is 0.826. The van der Waals surface area contributed by atoms with Crippen LogP contribution in [0.5, 0.6) is 0 Å². The van der Waals surface area contributed by atoms with E-state index in [0.29, 0.717) is 0 Å². The molecule has 0 saturated heterocycles. The highest BCUT2D eigenvalue weighted by atomic mass is 15.2. The van der Waals surface area contributed by atoms with Crippen molar-refractivity contribution >= 4 is 49.6 Å². The van der Waals surface area contributed by atoms with E-state index in [0.717, 1.165) is 57.2 Å². The normalized spacial score (nSPS) is 12.1. The van der Waals surface area contributed by atoms with E-state index in [4.69, 9.17) is 4.98 Å². The van der Waals surface area contributed by atoms with Crippen LogP contribution in [0.3, 0.4) is 0 Å². The minimum Gasteiger partial charge on any atom is -0.306 e. The van der Waals surface area contributed by atoms with Crippen LogP contribution in [0.25, 0.3) is 71.6 Å². The number of fused-ring (bicyclic) bond motifs is 4. The van der Waals surface area contributed by atoms with Crippen molar-refractivity contribution in [2.75, 3.05) is 4.90 Å². The van der Waals surface area contributed by atoms with Gasteiger partial charge in [0.15, 0.2) is 0 Å². The summed E-state index contributed by atoms with van der Waals surface area (Å²) < 4.78 is 2.39. The van der Waals surface area contributed by atoms with E-state index < -0.39 is 0 Å². The molecule has 3 heteroatoms. The van der Waals surface area contributed by atoms with Crippen LogP contribution >= 0.6 is 0 Å². The Morgan fingerprint density at radius 2 is 1.00 bits per heavy atom. The summed E-state index contributed by atoms with van der Waals surface area (Å²) in [4.78, 5) is 7.81. The number of hydrogen-bond donors (Lipinski definition) is 0. The molecule has 50 heavy (non-hydrogen) atoms. The molecule has 10 rings (SSSR count). The van der Waals surface area contributed by atoms with Crippen LogP contribution in [0, 0.1) is 0 Å². The van der Waals surface area contributed by atoms with Gasteiger partial charge in [-0.1, -0.05) is 110 Å². The van der Waals surface area contributed by atoms with Crippen molar-refractivity contribution < 1.29 is 0 Å². The van der Waals surface area contributed by atoms with Gasteiger partial charge in [-0.2, -0.15) is 0 Å². The lowest BCUT2D eigenvalue weighted by atomic mass is 9.91. The minimum atomic E-state index is 0.826. The summed E-state index contributed by atoms with van der Waals surface area (Å²) >= 11 is 0. The maximum absolute atomic E-state index is 5.43. The highest BCUT2D eigenvalue weighted by Crippen LogP contribution is 2.49. The molecule has 8 aromatic carbocycles. The van der Waals surface area contributed by atoms with E-state index in [1.54, 1.807) is 0 Å². The van der Waals surface area contributed by atoms with E-state index in [2.05, 4.69) is 186 Å². The zero-order valence-electron chi connectivity index (χ0n) is 27.7. The molecule has 1 aliphatic heterocycles. The number of hydrogen-bond acceptors (Lipinski definition) is 2. The van der Waals surface area contributed by atoms with Crippen LogP contribution in [0.4, 0.5) is 17.1 Å². The number of anilines is 3. The average Bonchev–Trinajstić information content (AvgIpc) is 3.58. The molecule has 0 radical (unpaired) electrons. The van der Waals surface area contributed by atoms with Gasteiger partial charge >= 0.3 is 0 Å². The van der Waals surface area contributed by atoms with Crippen LogP contribution in [0.1, 0.15) is 12.7 Å². The molecular formula is C47H33N3. The number of nitrogens with zero attached hydrogens (tertiary/aromatic N) is 3. The van der Waals surface area contributed by atoms with E-state index in [1.807, 2.05) is 0 Å². The first kappa shape index (κ1) is 28.6. The van der Waals surface area contributed by atoms with Crippen molar-refractivity contribution in [3.8, 4) is 39.1 Å². The van der Waals surface area contributed by atoms with Gasteiger partial charge in [0.2, 0.25) is 0 Å². The third-order valence-corrected chi connectivity index (χ3v) is 10.2. The number of rotatable bonds is 5. The molecule has 3 nitrogen and oxygen atoms in total. The fraction of sp³-hybridized carbons (Fsp3) is 0.0426. The highest BCUT2D eigenvalue weighted by Gasteiger charge is 2.30. The van der Waals surface area contributed by atoms with Gasteiger partial charge in [-0.3, -0.25) is 4.57 Å². The summed E-state index contributed by atoms with van der Waals surface area (Å²) in [6, 6.07) is 61.8. The number of benzene rings is 8. The Balaban J connectivity index is 1.24. The molecule has 9 aromatic rings. The summed E-state index contributed by atoms with van der Waals surface area (Å²) in [6.07, 6.45) is 0.826. The Labute approximate surface area is 291 Å². The van der Waals surface area contributed by atoms with Gasteiger partial charge in [-0.25, -0.2) is 4.98 Å². The van der Waals surface area contributed by atoms with Gasteiger partial charge in [0.05, 0.1) is 28.1 Å². The molecule has 0 atom stereocenters. The van der Waals surface area contributed by atoms with E-state index in [1.165, 1.54) is 43.8 Å². The Kier molecular flexibility index (Phi) is 6.47. The molecular weight excluding hydrogens is 607 g/mol. The number of aromatic nitrogens is 2. The first-order valence-corrected chi connectivity index (χ1v) is 17.4. The Morgan fingerprint density at radius 1 is 0.440 bits per heavy atom. The fourth-order valence-corrected chi connectivity index (χ4v) is 7.80. The van der Waals surface area contributed by atoms with Crippen molar-refractivity contribution in [2.24, 2.45) is 0 Å². The lowest BCUT2D eigenvalue weighted by molar-refractivity contribution is 0.900. The van der Waals surface area contributed by atoms with E-state index in [-0.39, 0.29) is 0 Å². The molecule has 0 aliphatic carbocycles. The molecule has 1 aromatic heterocycles. The lowest BCUT2D eigenvalue weighted by Crippen LogP contribution is -2.19. The van der Waals surface area contributed by atoms with Crippen LogP contribution < -0.4 is 4.90 Å². The third-order valence-electron chi connectivity index (χ3n) is 10.2. The molecule has 236 valence electrons. The maximum Gasteiger partial charge on any atom is 0.114 e. The first-order valence-electron chi connectivity index (χ1n) is 17.4. The van der Waals surface area contributed by atoms with Crippen LogP contribution in [-0.2, 0) is 6.42 Å². The standard InChI is InChI=1S/C47H33N3/c1-2-45-48-46-41(24-25-44-47(46)50(45)43-19-11-10-18-42(43)49(44)40-16-4-3-5-17-40)39-29-37(35-22-20-31-12-6-8-14-33(31)26-35)28-38(30-39)36-23-21-32-13-7-9-15-34(32)27-36/h3-30H,2H2,1H3. The number of imidazole rings is 1. The molecule has 0 spiro atoms. The molecule has 1 aliphatic rings. The molecule has 0 saturated carbocycles. The summed E-state index contributed by atoms with van der Waals surface area (Å²) in [5.41, 5.74) is 13.8. The molecule has 0 fully saturated rings. The summed E-state index contributed by atoms with van der Waals surface area (Å²) in [5, 5.41) is 4.97. The Bertz CT molecular complexity index is 2660. The largest absolute Gasteiger partial charge is 0.306 e. The van der Waals surface area contributed by atoms with Crippen molar-refractivity contribution in [1.82, 2.24) is 9.55 Å².